The number of hydrogen-bond donors (Lipinski definition) is 7. The van der Waals surface area contributed by atoms with Gasteiger partial charge in [-0.15, -0.1) is 0 Å². The fraction of sp³-hybridized carbons (Fsp3) is 0.911. The maximum atomic E-state index is 12.8. The molecule has 1 rings (SSSR count). The van der Waals surface area contributed by atoms with Gasteiger partial charge in [0.1, 0.15) is 43.2 Å². The fourth-order valence-corrected chi connectivity index (χ4v) is 8.27. The van der Waals surface area contributed by atoms with E-state index in [1.54, 1.807) is 0 Å². The second kappa shape index (κ2) is 35.9. The maximum Gasteiger partial charge on any atom is 0.472 e. The van der Waals surface area contributed by atoms with E-state index in [2.05, 4.69) is 26.0 Å². The molecule has 0 radical (unpaired) electrons. The largest absolute Gasteiger partial charge is 0.472 e. The van der Waals surface area contributed by atoms with E-state index in [1.807, 2.05) is 0 Å². The summed E-state index contributed by atoms with van der Waals surface area (Å²) in [7, 11) is -5.13. The van der Waals surface area contributed by atoms with E-state index in [0.29, 0.717) is 19.3 Å². The molecule has 7 atom stereocenters. The van der Waals surface area contributed by atoms with E-state index in [0.717, 1.165) is 64.2 Å². The minimum Gasteiger partial charge on any atom is -0.462 e. The average Bonchev–Trinajstić information content (AvgIpc) is 3.22. The molecule has 0 aromatic carbocycles. The highest BCUT2D eigenvalue weighted by molar-refractivity contribution is 7.47. The van der Waals surface area contributed by atoms with Crippen molar-refractivity contribution in [3.8, 4) is 0 Å². The molecule has 0 aromatic rings. The van der Waals surface area contributed by atoms with Crippen LogP contribution in [0.2, 0.25) is 0 Å². The smallest absolute Gasteiger partial charge is 0.462 e. The van der Waals surface area contributed by atoms with Gasteiger partial charge in [-0.3, -0.25) is 18.6 Å². The van der Waals surface area contributed by atoms with Crippen LogP contribution in [0.5, 0.6) is 0 Å². The van der Waals surface area contributed by atoms with E-state index in [4.69, 9.17) is 18.5 Å². The predicted molar refractivity (Wildman–Crippen MR) is 232 cm³/mol. The number of unbranched alkanes of at least 4 members (excludes halogenated alkanes) is 22. The Morgan fingerprint density at radius 2 is 1.00 bits per heavy atom. The lowest BCUT2D eigenvalue weighted by molar-refractivity contribution is -0.220. The van der Waals surface area contributed by atoms with E-state index >= 15 is 0 Å². The van der Waals surface area contributed by atoms with Crippen LogP contribution in [0, 0.1) is 0 Å². The van der Waals surface area contributed by atoms with E-state index in [1.165, 1.54) is 89.9 Å². The summed E-state index contributed by atoms with van der Waals surface area (Å²) in [4.78, 5) is 35.7. The highest BCUT2D eigenvalue weighted by Gasteiger charge is 2.51. The molecule has 0 heterocycles. The number of hydrogen-bond acceptors (Lipinski definition) is 13. The van der Waals surface area contributed by atoms with Crippen LogP contribution in [0.3, 0.4) is 0 Å². The van der Waals surface area contributed by atoms with E-state index < -0.39 is 75.7 Å². The molecule has 0 bridgehead atoms. The van der Waals surface area contributed by atoms with E-state index in [-0.39, 0.29) is 18.9 Å². The molecule has 7 N–H and O–H groups in total. The third kappa shape index (κ3) is 28.3. The second-order valence-corrected chi connectivity index (χ2v) is 18.2. The van der Waals surface area contributed by atoms with Gasteiger partial charge in [0.25, 0.3) is 0 Å². The van der Waals surface area contributed by atoms with Crippen LogP contribution < -0.4 is 0 Å². The van der Waals surface area contributed by atoms with Crippen LogP contribution in [-0.4, -0.2) is 110 Å². The Bertz CT molecular complexity index is 1130. The number of allylic oxidation sites excluding steroid dienone is 1. The van der Waals surface area contributed by atoms with Crippen molar-refractivity contribution in [2.45, 2.75) is 249 Å². The average molecular weight is 881 g/mol. The van der Waals surface area contributed by atoms with Crippen molar-refractivity contribution >= 4 is 19.8 Å². The third-order valence-electron chi connectivity index (χ3n) is 11.2. The van der Waals surface area contributed by atoms with Crippen LogP contribution >= 0.6 is 7.82 Å². The number of carbonyl (C=O) groups excluding carboxylic acids is 2. The summed E-state index contributed by atoms with van der Waals surface area (Å²) < 4.78 is 33.5. The molecule has 1 aliphatic rings. The van der Waals surface area contributed by atoms with Gasteiger partial charge in [0, 0.05) is 12.8 Å². The summed E-state index contributed by atoms with van der Waals surface area (Å²) in [5, 5.41) is 60.3. The molecule has 1 saturated carbocycles. The van der Waals surface area contributed by atoms with Crippen molar-refractivity contribution < 1.29 is 68.2 Å². The molecule has 14 nitrogen and oxygen atoms in total. The molecule has 1 fully saturated rings. The van der Waals surface area contributed by atoms with Gasteiger partial charge in [-0.05, 0) is 38.5 Å². The molecule has 15 heteroatoms. The molecule has 0 spiro atoms. The Hall–Kier alpha value is -1.45. The van der Waals surface area contributed by atoms with Crippen molar-refractivity contribution in [3.63, 3.8) is 0 Å². The van der Waals surface area contributed by atoms with Gasteiger partial charge in [-0.2, -0.15) is 0 Å². The van der Waals surface area contributed by atoms with Crippen molar-refractivity contribution in [2.24, 2.45) is 0 Å². The summed E-state index contributed by atoms with van der Waals surface area (Å²) >= 11 is 0. The quantitative estimate of drug-likeness (QED) is 0.0134. The highest BCUT2D eigenvalue weighted by Crippen LogP contribution is 2.47. The summed E-state index contributed by atoms with van der Waals surface area (Å²) in [5.41, 5.74) is 0. The van der Waals surface area contributed by atoms with Crippen LogP contribution in [0.1, 0.15) is 200 Å². The third-order valence-corrected chi connectivity index (χ3v) is 12.2. The maximum absolute atomic E-state index is 12.8. The first-order chi connectivity index (χ1) is 28.8. The van der Waals surface area contributed by atoms with Gasteiger partial charge in [-0.25, -0.2) is 4.57 Å². The number of esters is 2. The number of aliphatic hydroxyl groups is 6. The van der Waals surface area contributed by atoms with E-state index in [9.17, 15) is 49.7 Å². The Labute approximate surface area is 361 Å². The number of rotatable bonds is 39. The zero-order valence-corrected chi connectivity index (χ0v) is 38.0. The lowest BCUT2D eigenvalue weighted by Crippen LogP contribution is -2.64. The Morgan fingerprint density at radius 1 is 0.567 bits per heavy atom. The predicted octanol–water partition coefficient (Wildman–Crippen LogP) is 8.03. The SMILES string of the molecule is CCCCC/C=C/CC(O)CCCCCCCCC(=O)OC(COC(=O)CCCCCCCCCCCCCCCCC)COP(=O)(O)OC1C(O)C(O)C(O)C(O)C1O. The Kier molecular flexibility index (Phi) is 33.9. The molecular weight excluding hydrogens is 795 g/mol. The van der Waals surface area contributed by atoms with Crippen molar-refractivity contribution in [1.82, 2.24) is 0 Å². The van der Waals surface area contributed by atoms with Crippen LogP contribution in [0.25, 0.3) is 0 Å². The molecular formula is C45H85O14P. The Morgan fingerprint density at radius 3 is 1.52 bits per heavy atom. The van der Waals surface area contributed by atoms with Crippen molar-refractivity contribution in [2.75, 3.05) is 13.2 Å². The minimum atomic E-state index is -5.13. The zero-order chi connectivity index (χ0) is 44.4. The van der Waals surface area contributed by atoms with Crippen molar-refractivity contribution in [3.05, 3.63) is 12.2 Å². The van der Waals surface area contributed by atoms with Gasteiger partial charge in [0.05, 0.1) is 12.7 Å². The minimum absolute atomic E-state index is 0.0543. The van der Waals surface area contributed by atoms with Crippen molar-refractivity contribution in [1.29, 1.82) is 0 Å². The topological polar surface area (TPSA) is 230 Å². The molecule has 7 unspecified atom stereocenters. The van der Waals surface area contributed by atoms with Gasteiger partial charge in [0.2, 0.25) is 0 Å². The van der Waals surface area contributed by atoms with Crippen LogP contribution in [0.4, 0.5) is 0 Å². The summed E-state index contributed by atoms with van der Waals surface area (Å²) in [6.07, 6.45) is 19.8. The molecule has 354 valence electrons. The lowest BCUT2D eigenvalue weighted by Gasteiger charge is -2.41. The molecule has 0 amide bonds. The van der Waals surface area contributed by atoms with Gasteiger partial charge in [0.15, 0.2) is 6.10 Å². The number of phosphoric ester groups is 1. The highest BCUT2D eigenvalue weighted by atomic mass is 31.2. The molecule has 60 heavy (non-hydrogen) atoms. The number of phosphoric acid groups is 1. The van der Waals surface area contributed by atoms with Gasteiger partial charge in [-0.1, -0.05) is 161 Å². The zero-order valence-electron chi connectivity index (χ0n) is 37.1. The van der Waals surface area contributed by atoms with Gasteiger partial charge < -0.3 is 45.0 Å². The Balaban J connectivity index is 2.47. The first-order valence-electron chi connectivity index (χ1n) is 23.6. The molecule has 0 aliphatic heterocycles. The first kappa shape index (κ1) is 56.6. The monoisotopic (exact) mass is 881 g/mol. The summed E-state index contributed by atoms with van der Waals surface area (Å²) in [6, 6.07) is 0. The molecule has 0 saturated heterocycles. The normalized spacial score (nSPS) is 22.8. The van der Waals surface area contributed by atoms with Gasteiger partial charge >= 0.3 is 19.8 Å². The summed E-state index contributed by atoms with van der Waals surface area (Å²) in [6.45, 7) is 3.21. The van der Waals surface area contributed by atoms with Crippen LogP contribution in [0.15, 0.2) is 12.2 Å². The fourth-order valence-electron chi connectivity index (χ4n) is 7.30. The number of aliphatic hydroxyl groups excluding tert-OH is 6. The standard InChI is InChI=1S/C45H85O14P/c1-3-5-7-9-11-12-13-14-15-16-17-18-19-24-28-32-38(47)56-34-37(35-57-60(54,55)59-45-43(52)41(50)40(49)42(51)44(45)53)58-39(48)33-29-25-21-20-23-27-31-36(46)30-26-22-10-8-6-4-2/h22,26,36-37,40-46,49-53H,3-21,23-25,27-35H2,1-2H3,(H,54,55)/b26-22+. The first-order valence-corrected chi connectivity index (χ1v) is 25.1. The molecule has 0 aromatic heterocycles. The van der Waals surface area contributed by atoms with Crippen LogP contribution in [-0.2, 0) is 32.7 Å². The number of ether oxygens (including phenoxy) is 2. The second-order valence-electron chi connectivity index (χ2n) is 16.8. The molecule has 1 aliphatic carbocycles. The summed E-state index contributed by atoms with van der Waals surface area (Å²) in [5.74, 6) is -1.14. The lowest BCUT2D eigenvalue weighted by atomic mass is 9.85. The number of carbonyl (C=O) groups is 2.